The van der Waals surface area contributed by atoms with Gasteiger partial charge in [-0.15, -0.1) is 10.2 Å². The number of hydrogen-bond acceptors (Lipinski definition) is 9. The average molecular weight is 499 g/mol. The van der Waals surface area contributed by atoms with E-state index in [4.69, 9.17) is 43.1 Å². The molecule has 11 heteroatoms. The Balaban J connectivity index is 1.35. The number of aromatic nitrogens is 3. The minimum Gasteiger partial charge on any atom is -0.382 e. The first-order valence-corrected chi connectivity index (χ1v) is 11.9. The zero-order chi connectivity index (χ0) is 23.5. The molecular formula is C22H32Cl2N6O3. The van der Waals surface area contributed by atoms with Crippen LogP contribution < -0.4 is 11.1 Å². The van der Waals surface area contributed by atoms with Gasteiger partial charge < -0.3 is 30.2 Å². The molecular weight excluding hydrogens is 467 g/mol. The van der Waals surface area contributed by atoms with E-state index in [1.54, 1.807) is 25.3 Å². The van der Waals surface area contributed by atoms with Crippen LogP contribution in [0.15, 0.2) is 18.2 Å². The van der Waals surface area contributed by atoms with Gasteiger partial charge in [0, 0.05) is 25.3 Å². The quantitative estimate of drug-likeness (QED) is 0.402. The number of hydrogen-bond donors (Lipinski definition) is 2. The molecule has 0 aliphatic carbocycles. The number of nitrogens with one attached hydrogen (secondary N) is 1. The normalized spacial score (nSPS) is 15.2. The van der Waals surface area contributed by atoms with Gasteiger partial charge in [0.1, 0.15) is 5.69 Å². The molecule has 0 spiro atoms. The third-order valence-corrected chi connectivity index (χ3v) is 6.28. The SMILES string of the molecule is COCCOCCOCCN1CCC(NCc2nnc(-c3cccc(Cl)c3Cl)c(N)n2)CC1. The number of ether oxygens (including phenoxy) is 3. The van der Waals surface area contributed by atoms with Gasteiger partial charge >= 0.3 is 0 Å². The standard InChI is InChI=1S/C22H32Cl2N6O3/c1-31-11-12-33-14-13-32-10-9-30-7-5-16(6-8-30)26-15-19-27-22(25)21(29-28-19)17-3-2-4-18(23)20(17)24/h2-4,16,26H,5-15H2,1H3,(H2,25,27,28). The number of anilines is 1. The summed E-state index contributed by atoms with van der Waals surface area (Å²) in [6, 6.07) is 5.70. The second-order valence-electron chi connectivity index (χ2n) is 7.78. The maximum atomic E-state index is 6.27. The van der Waals surface area contributed by atoms with Crippen LogP contribution in [0.25, 0.3) is 11.3 Å². The first-order chi connectivity index (χ1) is 16.1. The summed E-state index contributed by atoms with van der Waals surface area (Å²) in [7, 11) is 1.66. The number of halogens is 2. The van der Waals surface area contributed by atoms with E-state index in [0.29, 0.717) is 72.7 Å². The van der Waals surface area contributed by atoms with E-state index in [1.807, 2.05) is 0 Å². The molecule has 1 aliphatic rings. The van der Waals surface area contributed by atoms with Gasteiger partial charge in [-0.1, -0.05) is 35.3 Å². The van der Waals surface area contributed by atoms with E-state index in [0.717, 1.165) is 32.5 Å². The first-order valence-electron chi connectivity index (χ1n) is 11.1. The molecule has 0 unspecified atom stereocenters. The summed E-state index contributed by atoms with van der Waals surface area (Å²) >= 11 is 12.4. The highest BCUT2D eigenvalue weighted by Crippen LogP contribution is 2.34. The Hall–Kier alpha value is -1.59. The predicted molar refractivity (Wildman–Crippen MR) is 130 cm³/mol. The molecule has 1 saturated heterocycles. The van der Waals surface area contributed by atoms with Crippen LogP contribution in [-0.4, -0.2) is 85.9 Å². The van der Waals surface area contributed by atoms with Crippen molar-refractivity contribution in [2.45, 2.75) is 25.4 Å². The van der Waals surface area contributed by atoms with Crippen molar-refractivity contribution in [1.82, 2.24) is 25.4 Å². The third-order valence-electron chi connectivity index (χ3n) is 5.46. The van der Waals surface area contributed by atoms with Gasteiger partial charge in [0.15, 0.2) is 11.6 Å². The first kappa shape index (κ1) is 26.0. The Morgan fingerprint density at radius 1 is 1.06 bits per heavy atom. The van der Waals surface area contributed by atoms with E-state index >= 15 is 0 Å². The lowest BCUT2D eigenvalue weighted by Gasteiger charge is -2.32. The molecule has 3 N–H and O–H groups in total. The van der Waals surface area contributed by atoms with Crippen molar-refractivity contribution in [3.8, 4) is 11.3 Å². The smallest absolute Gasteiger partial charge is 0.167 e. The van der Waals surface area contributed by atoms with Crippen LogP contribution in [0, 0.1) is 0 Å². The van der Waals surface area contributed by atoms with Gasteiger partial charge in [0.2, 0.25) is 0 Å². The molecule has 9 nitrogen and oxygen atoms in total. The molecule has 33 heavy (non-hydrogen) atoms. The monoisotopic (exact) mass is 498 g/mol. The van der Waals surface area contributed by atoms with Gasteiger partial charge in [-0.3, -0.25) is 0 Å². The van der Waals surface area contributed by atoms with Crippen molar-refractivity contribution < 1.29 is 14.2 Å². The summed E-state index contributed by atoms with van der Waals surface area (Å²) in [5.74, 6) is 0.836. The minimum absolute atomic E-state index is 0.282. The molecule has 0 saturated carbocycles. The largest absolute Gasteiger partial charge is 0.382 e. The fraction of sp³-hybridized carbons (Fsp3) is 0.591. The summed E-state index contributed by atoms with van der Waals surface area (Å²) in [6.07, 6.45) is 2.11. The number of nitrogen functional groups attached to an aromatic ring is 1. The van der Waals surface area contributed by atoms with Crippen molar-refractivity contribution in [2.75, 3.05) is 65.5 Å². The Labute approximate surface area is 204 Å². The van der Waals surface area contributed by atoms with Crippen LogP contribution >= 0.6 is 23.2 Å². The van der Waals surface area contributed by atoms with Crippen molar-refractivity contribution in [3.63, 3.8) is 0 Å². The van der Waals surface area contributed by atoms with E-state index in [1.165, 1.54) is 0 Å². The summed E-state index contributed by atoms with van der Waals surface area (Å²) in [6.45, 7) is 6.65. The molecule has 1 fully saturated rings. The van der Waals surface area contributed by atoms with E-state index in [9.17, 15) is 0 Å². The van der Waals surface area contributed by atoms with Gasteiger partial charge in [0.05, 0.1) is 49.6 Å². The van der Waals surface area contributed by atoms with E-state index < -0.39 is 0 Å². The Kier molecular flexibility index (Phi) is 11.0. The number of nitrogens with two attached hydrogens (primary N) is 1. The molecule has 2 aromatic rings. The molecule has 1 aromatic carbocycles. The van der Waals surface area contributed by atoms with Gasteiger partial charge in [-0.05, 0) is 32.0 Å². The summed E-state index contributed by atoms with van der Waals surface area (Å²) in [5, 5.41) is 12.8. The van der Waals surface area contributed by atoms with Crippen molar-refractivity contribution in [2.24, 2.45) is 0 Å². The maximum absolute atomic E-state index is 6.27. The Morgan fingerprint density at radius 3 is 2.52 bits per heavy atom. The minimum atomic E-state index is 0.282. The van der Waals surface area contributed by atoms with Crippen LogP contribution in [0.2, 0.25) is 10.0 Å². The lowest BCUT2D eigenvalue weighted by molar-refractivity contribution is 0.0178. The maximum Gasteiger partial charge on any atom is 0.167 e. The second-order valence-corrected chi connectivity index (χ2v) is 8.56. The van der Waals surface area contributed by atoms with Gasteiger partial charge in [-0.2, -0.15) is 0 Å². The van der Waals surface area contributed by atoms with Crippen LogP contribution in [0.4, 0.5) is 5.82 Å². The highest BCUT2D eigenvalue weighted by atomic mass is 35.5. The zero-order valence-electron chi connectivity index (χ0n) is 18.9. The third kappa shape index (κ3) is 8.29. The number of benzene rings is 1. The highest BCUT2D eigenvalue weighted by Gasteiger charge is 2.19. The van der Waals surface area contributed by atoms with Gasteiger partial charge in [0.25, 0.3) is 0 Å². The molecule has 1 aromatic heterocycles. The van der Waals surface area contributed by atoms with Crippen LogP contribution in [0.3, 0.4) is 0 Å². The number of piperidine rings is 1. The molecule has 182 valence electrons. The topological polar surface area (TPSA) is 108 Å². The number of likely N-dealkylation sites (tertiary alicyclic amines) is 1. The summed E-state index contributed by atoms with van der Waals surface area (Å²) in [5.41, 5.74) is 7.18. The summed E-state index contributed by atoms with van der Waals surface area (Å²) in [4.78, 5) is 6.82. The highest BCUT2D eigenvalue weighted by molar-refractivity contribution is 6.43. The van der Waals surface area contributed by atoms with E-state index in [-0.39, 0.29) is 5.82 Å². The van der Waals surface area contributed by atoms with E-state index in [2.05, 4.69) is 25.4 Å². The molecule has 0 atom stereocenters. The van der Waals surface area contributed by atoms with Crippen molar-refractivity contribution >= 4 is 29.0 Å². The fourth-order valence-electron chi connectivity index (χ4n) is 3.58. The van der Waals surface area contributed by atoms with Crippen LogP contribution in [-0.2, 0) is 20.8 Å². The predicted octanol–water partition coefficient (Wildman–Crippen LogP) is 2.66. The molecule has 2 heterocycles. The number of nitrogens with zero attached hydrogens (tertiary/aromatic N) is 4. The molecule has 1 aliphatic heterocycles. The lowest BCUT2D eigenvalue weighted by Crippen LogP contribution is -2.43. The van der Waals surface area contributed by atoms with Crippen LogP contribution in [0.5, 0.6) is 0 Å². The molecule has 0 radical (unpaired) electrons. The second kappa shape index (κ2) is 14.0. The molecule has 3 rings (SSSR count). The fourth-order valence-corrected chi connectivity index (χ4v) is 3.97. The number of rotatable bonds is 13. The zero-order valence-corrected chi connectivity index (χ0v) is 20.4. The molecule has 0 amide bonds. The Morgan fingerprint density at radius 2 is 1.79 bits per heavy atom. The molecule has 0 bridgehead atoms. The average Bonchev–Trinajstić information content (AvgIpc) is 2.82. The van der Waals surface area contributed by atoms with Crippen molar-refractivity contribution in [1.29, 1.82) is 0 Å². The summed E-state index contributed by atoms with van der Waals surface area (Å²) < 4.78 is 16.0. The van der Waals surface area contributed by atoms with Crippen LogP contribution in [0.1, 0.15) is 18.7 Å². The van der Waals surface area contributed by atoms with Crippen molar-refractivity contribution in [3.05, 3.63) is 34.1 Å². The number of methoxy groups -OCH3 is 1. The lowest BCUT2D eigenvalue weighted by atomic mass is 10.1. The van der Waals surface area contributed by atoms with Gasteiger partial charge in [-0.25, -0.2) is 4.98 Å². The Bertz CT molecular complexity index is 868.